The molecule has 1 aromatic carbocycles. The summed E-state index contributed by atoms with van der Waals surface area (Å²) in [5.41, 5.74) is 1.34. The minimum Gasteiger partial charge on any atom is -0.491 e. The number of halogens is 1. The van der Waals surface area contributed by atoms with Gasteiger partial charge in [-0.2, -0.15) is 0 Å². The first kappa shape index (κ1) is 21.2. The molecule has 2 heterocycles. The molecule has 1 aliphatic heterocycles. The average Bonchev–Trinajstić information content (AvgIpc) is 3.12. The van der Waals surface area contributed by atoms with Crippen molar-refractivity contribution in [2.45, 2.75) is 51.8 Å². The highest BCUT2D eigenvalue weighted by molar-refractivity contribution is 5.92. The topological polar surface area (TPSA) is 81.1 Å². The van der Waals surface area contributed by atoms with E-state index in [1.54, 1.807) is 6.20 Å². The van der Waals surface area contributed by atoms with Crippen molar-refractivity contribution < 1.29 is 9.53 Å². The normalized spacial score (nSPS) is 15.9. The summed E-state index contributed by atoms with van der Waals surface area (Å²) in [6.45, 7) is 7.87. The van der Waals surface area contributed by atoms with Crippen molar-refractivity contribution in [2.75, 3.05) is 13.1 Å². The van der Waals surface area contributed by atoms with Gasteiger partial charge in [-0.05, 0) is 64.4 Å². The van der Waals surface area contributed by atoms with Gasteiger partial charge in [-0.3, -0.25) is 4.79 Å². The summed E-state index contributed by atoms with van der Waals surface area (Å²) in [5, 5.41) is 14.5. The molecule has 0 aliphatic carbocycles. The first-order valence-electron chi connectivity index (χ1n) is 9.23. The average molecular weight is 394 g/mol. The van der Waals surface area contributed by atoms with Crippen molar-refractivity contribution in [1.29, 1.82) is 0 Å². The molecule has 2 aromatic rings. The van der Waals surface area contributed by atoms with E-state index in [0.29, 0.717) is 11.7 Å². The van der Waals surface area contributed by atoms with Crippen LogP contribution in [-0.2, 0) is 0 Å². The largest absolute Gasteiger partial charge is 0.491 e. The molecule has 0 spiro atoms. The quantitative estimate of drug-likeness (QED) is 0.788. The molecule has 1 atom stereocenters. The zero-order valence-electron chi connectivity index (χ0n) is 16.0. The Hall–Kier alpha value is -2.12. The minimum absolute atomic E-state index is 0. The van der Waals surface area contributed by atoms with Crippen LogP contribution in [0.1, 0.15) is 61.7 Å². The molecular weight excluding hydrogens is 366 g/mol. The Morgan fingerprint density at radius 2 is 2.04 bits per heavy atom. The van der Waals surface area contributed by atoms with Gasteiger partial charge < -0.3 is 15.4 Å². The molecule has 1 amide bonds. The highest BCUT2D eigenvalue weighted by Gasteiger charge is 2.20. The maximum atomic E-state index is 12.5. The van der Waals surface area contributed by atoms with Crippen LogP contribution in [0.3, 0.4) is 0 Å². The van der Waals surface area contributed by atoms with E-state index in [1.165, 1.54) is 0 Å². The number of hydrogen-bond acceptors (Lipinski definition) is 5. The number of nitrogens with zero attached hydrogens (tertiary/aromatic N) is 3. The van der Waals surface area contributed by atoms with Gasteiger partial charge in [-0.25, -0.2) is 4.68 Å². The molecular formula is C19H28ClN5O2. The summed E-state index contributed by atoms with van der Waals surface area (Å²) in [6.07, 6.45) is 3.86. The number of benzene rings is 1. The first-order valence-corrected chi connectivity index (χ1v) is 9.23. The fourth-order valence-corrected chi connectivity index (χ4v) is 3.11. The molecule has 1 aromatic heterocycles. The SMILES string of the molecule is CC(C)Oc1cccc(C(C)NC(=O)c2cn(C3CCNCC3)nn2)c1.Cl. The fraction of sp³-hybridized carbons (Fsp3) is 0.526. The lowest BCUT2D eigenvalue weighted by Gasteiger charge is -2.22. The van der Waals surface area contributed by atoms with Gasteiger partial charge in [0.05, 0.1) is 24.4 Å². The summed E-state index contributed by atoms with van der Waals surface area (Å²) in [4.78, 5) is 12.5. The lowest BCUT2D eigenvalue weighted by atomic mass is 10.1. The Labute approximate surface area is 166 Å². The number of amides is 1. The second-order valence-electron chi connectivity index (χ2n) is 7.00. The molecule has 8 heteroatoms. The van der Waals surface area contributed by atoms with Crippen LogP contribution >= 0.6 is 12.4 Å². The number of hydrogen-bond donors (Lipinski definition) is 2. The van der Waals surface area contributed by atoms with E-state index in [2.05, 4.69) is 20.9 Å². The first-order chi connectivity index (χ1) is 12.5. The molecule has 1 fully saturated rings. The number of rotatable bonds is 6. The van der Waals surface area contributed by atoms with Gasteiger partial charge in [0, 0.05) is 0 Å². The Kier molecular flexibility index (Phi) is 7.62. The van der Waals surface area contributed by atoms with E-state index >= 15 is 0 Å². The number of carbonyl (C=O) groups excluding carboxylic acids is 1. The van der Waals surface area contributed by atoms with Crippen molar-refractivity contribution in [3.63, 3.8) is 0 Å². The van der Waals surface area contributed by atoms with Crippen LogP contribution in [0.15, 0.2) is 30.5 Å². The number of carbonyl (C=O) groups is 1. The summed E-state index contributed by atoms with van der Waals surface area (Å²) in [5.74, 6) is 0.586. The summed E-state index contributed by atoms with van der Waals surface area (Å²) >= 11 is 0. The lowest BCUT2D eigenvalue weighted by molar-refractivity contribution is 0.0934. The van der Waals surface area contributed by atoms with E-state index < -0.39 is 0 Å². The Balaban J connectivity index is 0.00000261. The van der Waals surface area contributed by atoms with Gasteiger partial charge in [0.2, 0.25) is 0 Å². The highest BCUT2D eigenvalue weighted by atomic mass is 35.5. The van der Waals surface area contributed by atoms with Crippen LogP contribution in [-0.4, -0.2) is 40.1 Å². The van der Waals surface area contributed by atoms with E-state index in [4.69, 9.17) is 4.74 Å². The van der Waals surface area contributed by atoms with Crippen molar-refractivity contribution in [2.24, 2.45) is 0 Å². The lowest BCUT2D eigenvalue weighted by Crippen LogP contribution is -2.29. The molecule has 27 heavy (non-hydrogen) atoms. The summed E-state index contributed by atoms with van der Waals surface area (Å²) < 4.78 is 7.54. The zero-order valence-corrected chi connectivity index (χ0v) is 16.8. The van der Waals surface area contributed by atoms with Crippen LogP contribution in [0.4, 0.5) is 0 Å². The number of piperidine rings is 1. The number of nitrogens with one attached hydrogen (secondary N) is 2. The molecule has 0 bridgehead atoms. The molecule has 1 saturated heterocycles. The summed E-state index contributed by atoms with van der Waals surface area (Å²) in [6, 6.07) is 7.95. The molecule has 1 unspecified atom stereocenters. The smallest absolute Gasteiger partial charge is 0.273 e. The van der Waals surface area contributed by atoms with E-state index in [1.807, 2.05) is 49.7 Å². The highest BCUT2D eigenvalue weighted by Crippen LogP contribution is 2.21. The third-order valence-corrected chi connectivity index (χ3v) is 4.50. The van der Waals surface area contributed by atoms with Crippen molar-refractivity contribution >= 4 is 18.3 Å². The molecule has 148 valence electrons. The minimum atomic E-state index is -0.215. The van der Waals surface area contributed by atoms with Crippen molar-refractivity contribution in [1.82, 2.24) is 25.6 Å². The van der Waals surface area contributed by atoms with E-state index in [9.17, 15) is 4.79 Å². The van der Waals surface area contributed by atoms with Crippen LogP contribution in [0.2, 0.25) is 0 Å². The Morgan fingerprint density at radius 3 is 2.74 bits per heavy atom. The maximum absolute atomic E-state index is 12.5. The van der Waals surface area contributed by atoms with Gasteiger partial charge >= 0.3 is 0 Å². The van der Waals surface area contributed by atoms with Gasteiger partial charge in [0.25, 0.3) is 5.91 Å². The Bertz CT molecular complexity index is 743. The van der Waals surface area contributed by atoms with Crippen LogP contribution in [0.5, 0.6) is 5.75 Å². The second kappa shape index (κ2) is 9.71. The standard InChI is InChI=1S/C19H27N5O2.ClH/c1-13(2)26-17-6-4-5-15(11-17)14(3)21-19(25)18-12-24(23-22-18)16-7-9-20-10-8-16;/h4-6,11-14,16,20H,7-10H2,1-3H3,(H,21,25);1H. The summed E-state index contributed by atoms with van der Waals surface area (Å²) in [7, 11) is 0. The third-order valence-electron chi connectivity index (χ3n) is 4.50. The van der Waals surface area contributed by atoms with Crippen molar-refractivity contribution in [3.05, 3.63) is 41.7 Å². The second-order valence-corrected chi connectivity index (χ2v) is 7.00. The number of ether oxygens (including phenoxy) is 1. The monoisotopic (exact) mass is 393 g/mol. The van der Waals surface area contributed by atoms with Crippen LogP contribution in [0, 0.1) is 0 Å². The van der Waals surface area contributed by atoms with Gasteiger partial charge in [0.1, 0.15) is 5.75 Å². The van der Waals surface area contributed by atoms with Crippen LogP contribution in [0.25, 0.3) is 0 Å². The third kappa shape index (κ3) is 5.68. The van der Waals surface area contributed by atoms with Gasteiger partial charge in [-0.1, -0.05) is 17.3 Å². The van der Waals surface area contributed by atoms with Gasteiger partial charge in [0.15, 0.2) is 5.69 Å². The Morgan fingerprint density at radius 1 is 1.30 bits per heavy atom. The number of aromatic nitrogens is 3. The van der Waals surface area contributed by atoms with Crippen molar-refractivity contribution in [3.8, 4) is 5.75 Å². The van der Waals surface area contributed by atoms with Crippen LogP contribution < -0.4 is 15.4 Å². The predicted octanol–water partition coefficient (Wildman–Crippen LogP) is 2.90. The fourth-order valence-electron chi connectivity index (χ4n) is 3.11. The molecule has 2 N–H and O–H groups in total. The molecule has 0 radical (unpaired) electrons. The van der Waals surface area contributed by atoms with E-state index in [-0.39, 0.29) is 30.5 Å². The molecule has 0 saturated carbocycles. The van der Waals surface area contributed by atoms with Gasteiger partial charge in [-0.15, -0.1) is 17.5 Å². The molecule has 1 aliphatic rings. The predicted molar refractivity (Wildman–Crippen MR) is 106 cm³/mol. The zero-order chi connectivity index (χ0) is 18.5. The maximum Gasteiger partial charge on any atom is 0.273 e. The molecule has 7 nitrogen and oxygen atoms in total. The van der Waals surface area contributed by atoms with E-state index in [0.717, 1.165) is 37.2 Å². The molecule has 3 rings (SSSR count).